The highest BCUT2D eigenvalue weighted by Gasteiger charge is 2.36. The van der Waals surface area contributed by atoms with Crippen molar-refractivity contribution in [1.29, 1.82) is 0 Å². The number of aryl methyl sites for hydroxylation is 1. The van der Waals surface area contributed by atoms with E-state index in [2.05, 4.69) is 0 Å². The number of carbonyl (C=O) groups is 1. The fourth-order valence-corrected chi connectivity index (χ4v) is 4.85. The first-order valence-electron chi connectivity index (χ1n) is 10.5. The van der Waals surface area contributed by atoms with Gasteiger partial charge >= 0.3 is 5.63 Å². The van der Waals surface area contributed by atoms with Crippen LogP contribution in [0.15, 0.2) is 50.4 Å². The van der Waals surface area contributed by atoms with Gasteiger partial charge in [-0.1, -0.05) is 6.07 Å². The molecule has 1 aromatic carbocycles. The van der Waals surface area contributed by atoms with Crippen molar-refractivity contribution in [3.8, 4) is 5.75 Å². The van der Waals surface area contributed by atoms with Crippen LogP contribution >= 0.6 is 0 Å². The van der Waals surface area contributed by atoms with E-state index in [0.717, 1.165) is 23.1 Å². The van der Waals surface area contributed by atoms with Gasteiger partial charge in [0.25, 0.3) is 11.5 Å². The lowest BCUT2D eigenvalue weighted by Gasteiger charge is -2.42. The van der Waals surface area contributed by atoms with Gasteiger partial charge in [0.05, 0.1) is 0 Å². The Bertz CT molecular complexity index is 1310. The smallest absolute Gasteiger partial charge is 0.339 e. The van der Waals surface area contributed by atoms with Crippen LogP contribution in [0.5, 0.6) is 5.75 Å². The van der Waals surface area contributed by atoms with Crippen molar-refractivity contribution in [1.82, 2.24) is 9.47 Å². The predicted octanol–water partition coefficient (Wildman–Crippen LogP) is 2.60. The maximum absolute atomic E-state index is 12.9. The SMILES string of the molecule is Cc1c(C)c2ccc(OCC(=O)N3C[C@@H]4C[C@H](C3)c3cccc(=O)n3C4)cc2oc1=O. The average molecular weight is 420 g/mol. The molecule has 4 heterocycles. The van der Waals surface area contributed by atoms with Crippen molar-refractivity contribution < 1.29 is 13.9 Å². The number of amides is 1. The van der Waals surface area contributed by atoms with Crippen LogP contribution in [0.25, 0.3) is 11.0 Å². The summed E-state index contributed by atoms with van der Waals surface area (Å²) >= 11 is 0. The summed E-state index contributed by atoms with van der Waals surface area (Å²) in [5.74, 6) is 0.854. The summed E-state index contributed by atoms with van der Waals surface area (Å²) in [5, 5.41) is 0.855. The van der Waals surface area contributed by atoms with Gasteiger partial charge in [0.15, 0.2) is 6.61 Å². The van der Waals surface area contributed by atoms with Gasteiger partial charge < -0.3 is 18.6 Å². The van der Waals surface area contributed by atoms with Gasteiger partial charge in [-0.15, -0.1) is 0 Å². The highest BCUT2D eigenvalue weighted by atomic mass is 16.5. The molecule has 1 fully saturated rings. The third-order valence-corrected chi connectivity index (χ3v) is 6.62. The van der Waals surface area contributed by atoms with E-state index < -0.39 is 0 Å². The average Bonchev–Trinajstić information content (AvgIpc) is 2.76. The number of nitrogens with zero attached hydrogens (tertiary/aromatic N) is 2. The van der Waals surface area contributed by atoms with Gasteiger partial charge in [-0.25, -0.2) is 4.79 Å². The molecule has 0 aliphatic carbocycles. The molecule has 31 heavy (non-hydrogen) atoms. The zero-order valence-electron chi connectivity index (χ0n) is 17.6. The van der Waals surface area contributed by atoms with E-state index in [1.807, 2.05) is 28.5 Å². The van der Waals surface area contributed by atoms with Gasteiger partial charge in [0, 0.05) is 54.3 Å². The molecular formula is C24H24N2O5. The predicted molar refractivity (Wildman–Crippen MR) is 116 cm³/mol. The van der Waals surface area contributed by atoms with E-state index in [0.29, 0.717) is 36.5 Å². The summed E-state index contributed by atoms with van der Waals surface area (Å²) in [5.41, 5.74) is 2.61. The van der Waals surface area contributed by atoms with Crippen LogP contribution < -0.4 is 15.9 Å². The lowest BCUT2D eigenvalue weighted by atomic mass is 9.83. The second-order valence-corrected chi connectivity index (χ2v) is 8.58. The number of likely N-dealkylation sites (tertiary alicyclic amines) is 1. The number of carbonyl (C=O) groups excluding carboxylic acids is 1. The van der Waals surface area contributed by atoms with Crippen molar-refractivity contribution in [3.63, 3.8) is 0 Å². The number of ether oxygens (including phenoxy) is 1. The third kappa shape index (κ3) is 3.44. The fraction of sp³-hybridized carbons (Fsp3) is 0.375. The molecule has 1 amide bonds. The first kappa shape index (κ1) is 19.6. The van der Waals surface area contributed by atoms with E-state index in [9.17, 15) is 14.4 Å². The molecule has 5 rings (SSSR count). The molecule has 2 aliphatic rings. The zero-order valence-corrected chi connectivity index (χ0v) is 17.6. The van der Waals surface area contributed by atoms with Crippen LogP contribution in [-0.4, -0.2) is 35.1 Å². The molecule has 0 unspecified atom stereocenters. The summed E-state index contributed by atoms with van der Waals surface area (Å²) < 4.78 is 13.0. The molecule has 2 aromatic heterocycles. The molecule has 160 valence electrons. The Labute approximate surface area is 178 Å². The Morgan fingerprint density at radius 1 is 1.10 bits per heavy atom. The van der Waals surface area contributed by atoms with E-state index >= 15 is 0 Å². The number of rotatable bonds is 3. The molecule has 0 radical (unpaired) electrons. The molecule has 7 nitrogen and oxygen atoms in total. The Morgan fingerprint density at radius 3 is 2.77 bits per heavy atom. The third-order valence-electron chi connectivity index (χ3n) is 6.62. The van der Waals surface area contributed by atoms with Gasteiger partial charge in [0.1, 0.15) is 11.3 Å². The van der Waals surface area contributed by atoms with E-state index in [1.165, 1.54) is 0 Å². The van der Waals surface area contributed by atoms with Crippen LogP contribution in [0, 0.1) is 19.8 Å². The molecule has 7 heteroatoms. The largest absolute Gasteiger partial charge is 0.484 e. The number of hydrogen-bond acceptors (Lipinski definition) is 5. The Hall–Kier alpha value is -3.35. The minimum Gasteiger partial charge on any atom is -0.484 e. The van der Waals surface area contributed by atoms with Crippen molar-refractivity contribution in [3.05, 3.63) is 74.0 Å². The number of aromatic nitrogens is 1. The summed E-state index contributed by atoms with van der Waals surface area (Å²) in [6.45, 7) is 5.42. The molecule has 0 saturated carbocycles. The summed E-state index contributed by atoms with van der Waals surface area (Å²) in [6.07, 6.45) is 0.997. The van der Waals surface area contributed by atoms with Crippen LogP contribution in [0.4, 0.5) is 0 Å². The Kier molecular flexibility index (Phi) is 4.68. The van der Waals surface area contributed by atoms with E-state index in [1.54, 1.807) is 31.2 Å². The molecule has 0 spiro atoms. The van der Waals surface area contributed by atoms with E-state index in [4.69, 9.17) is 9.15 Å². The second kappa shape index (κ2) is 7.41. The molecule has 2 aliphatic heterocycles. The van der Waals surface area contributed by atoms with Gasteiger partial charge in [-0.05, 0) is 49.9 Å². The summed E-state index contributed by atoms with van der Waals surface area (Å²) in [4.78, 5) is 38.8. The number of hydrogen-bond donors (Lipinski definition) is 0. The highest BCUT2D eigenvalue weighted by Crippen LogP contribution is 2.35. The van der Waals surface area contributed by atoms with Gasteiger partial charge in [-0.3, -0.25) is 9.59 Å². The summed E-state index contributed by atoms with van der Waals surface area (Å²) in [7, 11) is 0. The number of fused-ring (bicyclic) bond motifs is 5. The molecule has 3 aromatic rings. The first-order valence-corrected chi connectivity index (χ1v) is 10.5. The fourth-order valence-electron chi connectivity index (χ4n) is 4.85. The molecule has 2 bridgehead atoms. The second-order valence-electron chi connectivity index (χ2n) is 8.58. The topological polar surface area (TPSA) is 81.8 Å². The standard InChI is InChI=1S/C24H24N2O5/c1-14-15(2)24(29)31-21-9-18(6-7-19(14)21)30-13-23(28)25-10-16-8-17(12-25)20-4-3-5-22(27)26(20)11-16/h3-7,9,16-17H,8,10-13H2,1-2H3/t16-,17+/m0/s1. The van der Waals surface area contributed by atoms with Crippen molar-refractivity contribution in [2.75, 3.05) is 19.7 Å². The number of pyridine rings is 1. The van der Waals surface area contributed by atoms with Crippen LogP contribution in [0.2, 0.25) is 0 Å². The number of piperidine rings is 1. The zero-order chi connectivity index (χ0) is 21.7. The molecule has 2 atom stereocenters. The molecular weight excluding hydrogens is 396 g/mol. The number of benzene rings is 1. The highest BCUT2D eigenvalue weighted by molar-refractivity contribution is 5.82. The minimum atomic E-state index is -0.363. The maximum atomic E-state index is 12.9. The Balaban J connectivity index is 1.30. The first-order chi connectivity index (χ1) is 14.9. The lowest BCUT2D eigenvalue weighted by Crippen LogP contribution is -2.50. The van der Waals surface area contributed by atoms with Crippen LogP contribution in [-0.2, 0) is 11.3 Å². The quantitative estimate of drug-likeness (QED) is 0.609. The normalized spacial score (nSPS) is 19.9. The van der Waals surface area contributed by atoms with Gasteiger partial charge in [-0.2, -0.15) is 0 Å². The van der Waals surface area contributed by atoms with Gasteiger partial charge in [0.2, 0.25) is 0 Å². The minimum absolute atomic E-state index is 0.0312. The summed E-state index contributed by atoms with van der Waals surface area (Å²) in [6, 6.07) is 10.7. The van der Waals surface area contributed by atoms with Crippen LogP contribution in [0.3, 0.4) is 0 Å². The van der Waals surface area contributed by atoms with Crippen molar-refractivity contribution in [2.45, 2.75) is 32.7 Å². The Morgan fingerprint density at radius 2 is 1.94 bits per heavy atom. The molecule has 0 N–H and O–H groups in total. The van der Waals surface area contributed by atoms with E-state index in [-0.39, 0.29) is 35.5 Å². The van der Waals surface area contributed by atoms with Crippen LogP contribution in [0.1, 0.15) is 29.2 Å². The monoisotopic (exact) mass is 420 g/mol. The van der Waals surface area contributed by atoms with Crippen molar-refractivity contribution in [2.24, 2.45) is 5.92 Å². The maximum Gasteiger partial charge on any atom is 0.339 e. The van der Waals surface area contributed by atoms with Crippen molar-refractivity contribution >= 4 is 16.9 Å². The molecule has 1 saturated heterocycles. The lowest BCUT2D eigenvalue weighted by molar-refractivity contribution is -0.136.